The average molecular weight is 497 g/mol. The highest BCUT2D eigenvalue weighted by atomic mass is 127. The van der Waals surface area contributed by atoms with Crippen LogP contribution in [-0.2, 0) is 13.0 Å². The van der Waals surface area contributed by atoms with E-state index in [1.54, 1.807) is 11.3 Å². The first-order valence-corrected chi connectivity index (χ1v) is 10.1. The molecule has 3 aromatic rings. The van der Waals surface area contributed by atoms with E-state index >= 15 is 0 Å². The van der Waals surface area contributed by atoms with Crippen molar-refractivity contribution in [2.45, 2.75) is 39.7 Å². The lowest BCUT2D eigenvalue weighted by molar-refractivity contribution is 0.795. The van der Waals surface area contributed by atoms with E-state index in [4.69, 9.17) is 0 Å². The molecule has 0 aliphatic heterocycles. The summed E-state index contributed by atoms with van der Waals surface area (Å²) in [6.45, 7) is 8.70. The van der Waals surface area contributed by atoms with Gasteiger partial charge in [0.25, 0.3) is 0 Å². The average Bonchev–Trinajstić information content (AvgIpc) is 3.27. The van der Waals surface area contributed by atoms with Gasteiger partial charge in [-0.15, -0.1) is 35.3 Å². The lowest BCUT2D eigenvalue weighted by atomic mass is 10.1. The van der Waals surface area contributed by atoms with Crippen molar-refractivity contribution in [2.24, 2.45) is 4.99 Å². The number of thiazole rings is 1. The number of aromatic amines is 1. The monoisotopic (exact) mass is 497 g/mol. The minimum atomic E-state index is 0. The molecule has 3 N–H and O–H groups in total. The van der Waals surface area contributed by atoms with Gasteiger partial charge in [0.05, 0.1) is 17.2 Å². The van der Waals surface area contributed by atoms with Crippen molar-refractivity contribution < 1.29 is 0 Å². The molecule has 0 saturated carbocycles. The number of hydrogen-bond acceptors (Lipinski definition) is 3. The normalized spacial score (nSPS) is 11.6. The third-order valence-electron chi connectivity index (χ3n) is 4.17. The van der Waals surface area contributed by atoms with Crippen LogP contribution < -0.4 is 10.6 Å². The molecule has 0 aliphatic rings. The summed E-state index contributed by atoms with van der Waals surface area (Å²) in [6, 6.07) is 8.41. The van der Waals surface area contributed by atoms with E-state index in [-0.39, 0.29) is 24.0 Å². The van der Waals surface area contributed by atoms with E-state index in [0.717, 1.165) is 31.2 Å². The standard InChI is InChI=1S/C20H27N5S.HI/c1-4-21-20(24-12-16-13-26-19(25-16)14(2)3)22-10-9-15-11-23-18-8-6-5-7-17(15)18;/h5-8,11,13-14,23H,4,9-10,12H2,1-3H3,(H2,21,22,24);1H. The Morgan fingerprint density at radius 3 is 2.81 bits per heavy atom. The fourth-order valence-corrected chi connectivity index (χ4v) is 3.64. The maximum atomic E-state index is 4.67. The Balaban J connectivity index is 0.00000261. The number of aromatic nitrogens is 2. The molecule has 0 fully saturated rings. The van der Waals surface area contributed by atoms with Gasteiger partial charge in [0, 0.05) is 41.5 Å². The molecule has 0 saturated heterocycles. The molecule has 7 heteroatoms. The maximum Gasteiger partial charge on any atom is 0.191 e. The lowest BCUT2D eigenvalue weighted by Gasteiger charge is -2.10. The lowest BCUT2D eigenvalue weighted by Crippen LogP contribution is -2.38. The van der Waals surface area contributed by atoms with Gasteiger partial charge in [0.2, 0.25) is 0 Å². The molecule has 0 radical (unpaired) electrons. The number of fused-ring (bicyclic) bond motifs is 1. The first-order chi connectivity index (χ1) is 12.7. The number of guanidine groups is 1. The van der Waals surface area contributed by atoms with Crippen LogP contribution in [0.5, 0.6) is 0 Å². The molecule has 1 aromatic carbocycles. The van der Waals surface area contributed by atoms with Gasteiger partial charge in [0.15, 0.2) is 5.96 Å². The number of hydrogen-bond donors (Lipinski definition) is 3. The van der Waals surface area contributed by atoms with Crippen LogP contribution >= 0.6 is 35.3 Å². The molecule has 2 aromatic heterocycles. The summed E-state index contributed by atoms with van der Waals surface area (Å²) in [6.07, 6.45) is 3.04. The van der Waals surface area contributed by atoms with Crippen LogP contribution in [0.2, 0.25) is 0 Å². The molecule has 0 bridgehead atoms. The number of para-hydroxylation sites is 1. The number of H-pyrrole nitrogens is 1. The largest absolute Gasteiger partial charge is 0.361 e. The molecular formula is C20H28IN5S. The Morgan fingerprint density at radius 2 is 2.07 bits per heavy atom. The van der Waals surface area contributed by atoms with Crippen molar-refractivity contribution in [1.82, 2.24) is 20.6 Å². The fraction of sp³-hybridized carbons (Fsp3) is 0.400. The number of halogens is 1. The number of nitrogens with one attached hydrogen (secondary N) is 3. The number of rotatable bonds is 7. The Labute approximate surface area is 182 Å². The summed E-state index contributed by atoms with van der Waals surface area (Å²) < 4.78 is 0. The summed E-state index contributed by atoms with van der Waals surface area (Å²) in [4.78, 5) is 12.6. The highest BCUT2D eigenvalue weighted by molar-refractivity contribution is 14.0. The number of aliphatic imine (C=N–C) groups is 1. The van der Waals surface area contributed by atoms with Gasteiger partial charge in [-0.25, -0.2) is 9.98 Å². The van der Waals surface area contributed by atoms with Gasteiger partial charge in [-0.05, 0) is 25.0 Å². The highest BCUT2D eigenvalue weighted by Gasteiger charge is 2.06. The zero-order chi connectivity index (χ0) is 18.4. The second-order valence-electron chi connectivity index (χ2n) is 6.56. The third kappa shape index (κ3) is 5.93. The fourth-order valence-electron chi connectivity index (χ4n) is 2.82. The van der Waals surface area contributed by atoms with Crippen LogP contribution in [0.4, 0.5) is 0 Å². The van der Waals surface area contributed by atoms with Crippen molar-refractivity contribution in [3.63, 3.8) is 0 Å². The van der Waals surface area contributed by atoms with Gasteiger partial charge in [-0.3, -0.25) is 0 Å². The first kappa shape index (κ1) is 21.7. The zero-order valence-corrected chi connectivity index (χ0v) is 19.2. The maximum absolute atomic E-state index is 4.67. The summed E-state index contributed by atoms with van der Waals surface area (Å²) in [5, 5.41) is 11.3. The van der Waals surface area contributed by atoms with Crippen LogP contribution in [0.25, 0.3) is 10.9 Å². The van der Waals surface area contributed by atoms with Crippen molar-refractivity contribution in [3.05, 3.63) is 52.1 Å². The Morgan fingerprint density at radius 1 is 1.26 bits per heavy atom. The van der Waals surface area contributed by atoms with E-state index in [0.29, 0.717) is 12.5 Å². The minimum absolute atomic E-state index is 0. The third-order valence-corrected chi connectivity index (χ3v) is 5.36. The second-order valence-corrected chi connectivity index (χ2v) is 7.45. The molecule has 0 unspecified atom stereocenters. The van der Waals surface area contributed by atoms with Crippen LogP contribution in [0.3, 0.4) is 0 Å². The smallest absolute Gasteiger partial charge is 0.191 e. The van der Waals surface area contributed by atoms with Crippen molar-refractivity contribution in [3.8, 4) is 0 Å². The van der Waals surface area contributed by atoms with Gasteiger partial charge in [-0.1, -0.05) is 32.0 Å². The van der Waals surface area contributed by atoms with E-state index in [9.17, 15) is 0 Å². The van der Waals surface area contributed by atoms with Crippen LogP contribution in [0.15, 0.2) is 40.8 Å². The van der Waals surface area contributed by atoms with Gasteiger partial charge < -0.3 is 15.6 Å². The van der Waals surface area contributed by atoms with Gasteiger partial charge in [0.1, 0.15) is 0 Å². The van der Waals surface area contributed by atoms with Crippen LogP contribution in [0, 0.1) is 0 Å². The second kappa shape index (κ2) is 10.7. The SMILES string of the molecule is CCNC(=NCc1csc(C(C)C)n1)NCCc1c[nH]c2ccccc12.I. The summed E-state index contributed by atoms with van der Waals surface area (Å²) in [5.74, 6) is 1.31. The zero-order valence-electron chi connectivity index (χ0n) is 16.1. The molecule has 0 amide bonds. The number of benzene rings is 1. The van der Waals surface area contributed by atoms with E-state index in [1.165, 1.54) is 21.5 Å². The van der Waals surface area contributed by atoms with Crippen LogP contribution in [0.1, 0.15) is 43.0 Å². The summed E-state index contributed by atoms with van der Waals surface area (Å²) in [7, 11) is 0. The Kier molecular flexibility index (Phi) is 8.56. The van der Waals surface area contributed by atoms with Gasteiger partial charge >= 0.3 is 0 Å². The van der Waals surface area contributed by atoms with Crippen molar-refractivity contribution in [2.75, 3.05) is 13.1 Å². The molecule has 3 rings (SSSR count). The predicted octanol–water partition coefficient (Wildman–Crippen LogP) is 4.66. The van der Waals surface area contributed by atoms with E-state index < -0.39 is 0 Å². The van der Waals surface area contributed by atoms with E-state index in [2.05, 4.69) is 82.2 Å². The van der Waals surface area contributed by atoms with Crippen LogP contribution in [-0.4, -0.2) is 29.0 Å². The molecule has 27 heavy (non-hydrogen) atoms. The van der Waals surface area contributed by atoms with Crippen molar-refractivity contribution >= 4 is 52.2 Å². The number of nitrogens with zero attached hydrogens (tertiary/aromatic N) is 2. The Hall–Kier alpha value is -1.61. The first-order valence-electron chi connectivity index (χ1n) is 9.18. The minimum Gasteiger partial charge on any atom is -0.361 e. The summed E-state index contributed by atoms with van der Waals surface area (Å²) >= 11 is 1.72. The topological polar surface area (TPSA) is 65.1 Å². The molecular weight excluding hydrogens is 469 g/mol. The molecule has 2 heterocycles. The molecule has 5 nitrogen and oxygen atoms in total. The van der Waals surface area contributed by atoms with Crippen molar-refractivity contribution in [1.29, 1.82) is 0 Å². The molecule has 146 valence electrons. The molecule has 0 spiro atoms. The van der Waals surface area contributed by atoms with Gasteiger partial charge in [-0.2, -0.15) is 0 Å². The highest BCUT2D eigenvalue weighted by Crippen LogP contribution is 2.19. The predicted molar refractivity (Wildman–Crippen MR) is 126 cm³/mol. The van der Waals surface area contributed by atoms with E-state index in [1.807, 2.05) is 0 Å². The Bertz CT molecular complexity index is 868. The molecule has 0 aliphatic carbocycles. The quantitative estimate of drug-likeness (QED) is 0.253. The molecule has 0 atom stereocenters. The summed E-state index contributed by atoms with van der Waals surface area (Å²) in [5.41, 5.74) is 3.55.